The van der Waals surface area contributed by atoms with E-state index in [2.05, 4.69) is 0 Å². The quantitative estimate of drug-likeness (QED) is 0.629. The monoisotopic (exact) mass is 230 g/mol. The molecule has 7 nitrogen and oxygen atoms in total. The number of carboxylic acids is 1. The van der Waals surface area contributed by atoms with Crippen molar-refractivity contribution in [3.05, 3.63) is 0 Å². The Bertz CT molecular complexity index is 317. The van der Waals surface area contributed by atoms with Crippen LogP contribution in [0.15, 0.2) is 0 Å². The van der Waals surface area contributed by atoms with Crippen LogP contribution >= 0.6 is 0 Å². The van der Waals surface area contributed by atoms with Gasteiger partial charge in [-0.25, -0.2) is 9.59 Å². The molecule has 0 spiro atoms. The minimum atomic E-state index is -1.24. The SMILES string of the molecule is CCOC(=O)[C@@H]1CCN(C(N)=O)[C@@H]1C(=O)O. The van der Waals surface area contributed by atoms with Crippen molar-refractivity contribution in [2.24, 2.45) is 11.7 Å². The van der Waals surface area contributed by atoms with Crippen LogP contribution in [0, 0.1) is 5.92 Å². The Kier molecular flexibility index (Phi) is 3.70. The molecular formula is C9H14N2O5. The van der Waals surface area contributed by atoms with Crippen molar-refractivity contribution >= 4 is 18.0 Å². The standard InChI is InChI=1S/C9H14N2O5/c1-2-16-8(14)5-3-4-11(9(10)15)6(5)7(12)13/h5-6H,2-4H2,1H3,(H2,10,15)(H,12,13)/t5-,6+/m1/s1. The molecule has 1 rings (SSSR count). The third-order valence-corrected chi connectivity index (χ3v) is 2.52. The van der Waals surface area contributed by atoms with Crippen LogP contribution in [0.1, 0.15) is 13.3 Å². The van der Waals surface area contributed by atoms with E-state index in [0.29, 0.717) is 0 Å². The van der Waals surface area contributed by atoms with Gasteiger partial charge in [-0.05, 0) is 13.3 Å². The number of aliphatic carboxylic acids is 1. The second-order valence-electron chi connectivity index (χ2n) is 3.46. The average molecular weight is 230 g/mol. The summed E-state index contributed by atoms with van der Waals surface area (Å²) >= 11 is 0. The molecule has 0 bridgehead atoms. The number of rotatable bonds is 3. The van der Waals surface area contributed by atoms with E-state index in [1.807, 2.05) is 0 Å². The second kappa shape index (κ2) is 4.82. The lowest BCUT2D eigenvalue weighted by molar-refractivity contribution is -0.154. The number of carboxylic acid groups (broad SMARTS) is 1. The highest BCUT2D eigenvalue weighted by molar-refractivity contribution is 5.88. The zero-order chi connectivity index (χ0) is 12.3. The average Bonchev–Trinajstić information content (AvgIpc) is 2.61. The van der Waals surface area contributed by atoms with E-state index in [1.165, 1.54) is 0 Å². The first kappa shape index (κ1) is 12.3. The minimum absolute atomic E-state index is 0.162. The number of likely N-dealkylation sites (tertiary alicyclic amines) is 1. The van der Waals surface area contributed by atoms with Gasteiger partial charge in [0.25, 0.3) is 0 Å². The molecule has 0 aliphatic carbocycles. The molecule has 0 unspecified atom stereocenters. The van der Waals surface area contributed by atoms with Gasteiger partial charge in [0, 0.05) is 6.54 Å². The van der Waals surface area contributed by atoms with Crippen molar-refractivity contribution in [1.82, 2.24) is 4.90 Å². The number of amides is 2. The molecule has 0 aromatic carbocycles. The van der Waals surface area contributed by atoms with Crippen LogP contribution in [0.25, 0.3) is 0 Å². The van der Waals surface area contributed by atoms with Crippen molar-refractivity contribution in [3.8, 4) is 0 Å². The molecule has 1 heterocycles. The molecule has 1 aliphatic rings. The molecule has 3 N–H and O–H groups in total. The van der Waals surface area contributed by atoms with Gasteiger partial charge in [0.2, 0.25) is 0 Å². The number of ether oxygens (including phenoxy) is 1. The van der Waals surface area contributed by atoms with Crippen LogP contribution in [0.5, 0.6) is 0 Å². The van der Waals surface area contributed by atoms with E-state index in [4.69, 9.17) is 15.6 Å². The number of nitrogens with zero attached hydrogens (tertiary/aromatic N) is 1. The molecule has 1 fully saturated rings. The molecule has 0 aromatic rings. The van der Waals surface area contributed by atoms with E-state index in [0.717, 1.165) is 4.90 Å². The fourth-order valence-corrected chi connectivity index (χ4v) is 1.84. The maximum Gasteiger partial charge on any atom is 0.327 e. The van der Waals surface area contributed by atoms with E-state index in [1.54, 1.807) is 6.92 Å². The Morgan fingerprint density at radius 3 is 2.56 bits per heavy atom. The van der Waals surface area contributed by atoms with Crippen LogP contribution < -0.4 is 5.73 Å². The summed E-state index contributed by atoms with van der Waals surface area (Å²) in [5.74, 6) is -2.67. The number of urea groups is 1. The van der Waals surface area contributed by atoms with E-state index >= 15 is 0 Å². The Hall–Kier alpha value is -1.79. The molecule has 7 heteroatoms. The van der Waals surface area contributed by atoms with Crippen LogP contribution in [0.3, 0.4) is 0 Å². The Morgan fingerprint density at radius 2 is 2.12 bits per heavy atom. The summed E-state index contributed by atoms with van der Waals surface area (Å²) in [5, 5.41) is 8.96. The summed E-state index contributed by atoms with van der Waals surface area (Å²) < 4.78 is 4.75. The molecule has 0 saturated carbocycles. The topological polar surface area (TPSA) is 110 Å². The number of hydrogen-bond acceptors (Lipinski definition) is 4. The van der Waals surface area contributed by atoms with E-state index in [9.17, 15) is 14.4 Å². The minimum Gasteiger partial charge on any atom is -0.480 e. The van der Waals surface area contributed by atoms with Gasteiger partial charge in [-0.15, -0.1) is 0 Å². The molecule has 2 amide bonds. The molecule has 0 radical (unpaired) electrons. The first-order chi connectivity index (χ1) is 7.49. The van der Waals surface area contributed by atoms with Gasteiger partial charge in [0.15, 0.2) is 0 Å². The number of primary amides is 1. The Morgan fingerprint density at radius 1 is 1.50 bits per heavy atom. The number of nitrogens with two attached hydrogens (primary N) is 1. The number of carbonyl (C=O) groups is 3. The summed E-state index contributed by atoms with van der Waals surface area (Å²) in [6, 6.07) is -2.05. The van der Waals surface area contributed by atoms with Gasteiger partial charge in [0.1, 0.15) is 6.04 Å². The largest absolute Gasteiger partial charge is 0.480 e. The molecule has 1 saturated heterocycles. The highest BCUT2D eigenvalue weighted by atomic mass is 16.5. The zero-order valence-electron chi connectivity index (χ0n) is 8.88. The lowest BCUT2D eigenvalue weighted by Gasteiger charge is -2.21. The zero-order valence-corrected chi connectivity index (χ0v) is 8.88. The predicted molar refractivity (Wildman–Crippen MR) is 52.5 cm³/mol. The third-order valence-electron chi connectivity index (χ3n) is 2.52. The fourth-order valence-electron chi connectivity index (χ4n) is 1.84. The first-order valence-corrected chi connectivity index (χ1v) is 4.94. The maximum atomic E-state index is 11.5. The molecular weight excluding hydrogens is 216 g/mol. The maximum absolute atomic E-state index is 11.5. The summed E-state index contributed by atoms with van der Waals surface area (Å²) in [4.78, 5) is 34.4. The number of esters is 1. The number of hydrogen-bond donors (Lipinski definition) is 2. The predicted octanol–water partition coefficient (Wildman–Crippen LogP) is -0.597. The molecule has 1 aliphatic heterocycles. The fraction of sp³-hybridized carbons (Fsp3) is 0.667. The highest BCUT2D eigenvalue weighted by Gasteiger charge is 2.45. The summed E-state index contributed by atoms with van der Waals surface area (Å²) in [7, 11) is 0. The molecule has 16 heavy (non-hydrogen) atoms. The van der Waals surface area contributed by atoms with Gasteiger partial charge in [-0.3, -0.25) is 4.79 Å². The normalized spacial score (nSPS) is 24.2. The van der Waals surface area contributed by atoms with Crippen molar-refractivity contribution in [1.29, 1.82) is 0 Å². The van der Waals surface area contributed by atoms with Gasteiger partial charge < -0.3 is 20.5 Å². The Labute approximate surface area is 92.1 Å². The van der Waals surface area contributed by atoms with Crippen molar-refractivity contribution in [2.75, 3.05) is 13.2 Å². The van der Waals surface area contributed by atoms with Gasteiger partial charge >= 0.3 is 18.0 Å². The molecule has 2 atom stereocenters. The summed E-state index contributed by atoms with van der Waals surface area (Å²) in [6.45, 7) is 1.97. The molecule has 0 aromatic heterocycles. The summed E-state index contributed by atoms with van der Waals surface area (Å²) in [5.41, 5.74) is 5.03. The van der Waals surface area contributed by atoms with Crippen LogP contribution in [0.4, 0.5) is 4.79 Å². The van der Waals surface area contributed by atoms with Crippen molar-refractivity contribution in [2.45, 2.75) is 19.4 Å². The van der Waals surface area contributed by atoms with Crippen LogP contribution in [-0.2, 0) is 14.3 Å². The van der Waals surface area contributed by atoms with Crippen LogP contribution in [-0.4, -0.2) is 47.2 Å². The summed E-state index contributed by atoms with van der Waals surface area (Å²) in [6.07, 6.45) is 0.263. The van der Waals surface area contributed by atoms with E-state index < -0.39 is 29.9 Å². The molecule has 90 valence electrons. The second-order valence-corrected chi connectivity index (χ2v) is 3.46. The van der Waals surface area contributed by atoms with Crippen molar-refractivity contribution in [3.63, 3.8) is 0 Å². The first-order valence-electron chi connectivity index (χ1n) is 4.94. The highest BCUT2D eigenvalue weighted by Crippen LogP contribution is 2.25. The smallest absolute Gasteiger partial charge is 0.327 e. The number of carbonyl (C=O) groups excluding carboxylic acids is 2. The Balaban J connectivity index is 2.83. The van der Waals surface area contributed by atoms with Crippen LogP contribution in [0.2, 0.25) is 0 Å². The van der Waals surface area contributed by atoms with Crippen molar-refractivity contribution < 1.29 is 24.2 Å². The van der Waals surface area contributed by atoms with Gasteiger partial charge in [0.05, 0.1) is 12.5 Å². The lowest BCUT2D eigenvalue weighted by Crippen LogP contribution is -2.47. The van der Waals surface area contributed by atoms with E-state index in [-0.39, 0.29) is 19.6 Å². The van der Waals surface area contributed by atoms with Gasteiger partial charge in [-0.1, -0.05) is 0 Å². The third kappa shape index (κ3) is 2.23. The van der Waals surface area contributed by atoms with Gasteiger partial charge in [-0.2, -0.15) is 0 Å². The lowest BCUT2D eigenvalue weighted by atomic mass is 10.0.